The molecule has 2 heterocycles. The van der Waals surface area contributed by atoms with Crippen LogP contribution in [0.4, 0.5) is 4.39 Å². The van der Waals surface area contributed by atoms with Crippen molar-refractivity contribution >= 4 is 40.1 Å². The lowest BCUT2D eigenvalue weighted by Crippen LogP contribution is -2.40. The number of piperidine rings is 1. The van der Waals surface area contributed by atoms with Crippen LogP contribution in [0, 0.1) is 5.82 Å². The molecule has 4 rings (SSSR count). The molecular weight excluding hydrogens is 388 g/mol. The van der Waals surface area contributed by atoms with Gasteiger partial charge in [-0.2, -0.15) is 0 Å². The van der Waals surface area contributed by atoms with Gasteiger partial charge in [-0.1, -0.05) is 23.2 Å². The van der Waals surface area contributed by atoms with E-state index in [4.69, 9.17) is 23.2 Å². The Balaban J connectivity index is 1.48. The summed E-state index contributed by atoms with van der Waals surface area (Å²) in [7, 11) is 0. The smallest absolute Gasteiger partial charge is 0.227 e. The number of benzene rings is 2. The normalized spacial score (nSPS) is 17.4. The van der Waals surface area contributed by atoms with Crippen molar-refractivity contribution in [3.8, 4) is 0 Å². The van der Waals surface area contributed by atoms with Gasteiger partial charge in [-0.05, 0) is 54.8 Å². The van der Waals surface area contributed by atoms with Crippen molar-refractivity contribution in [3.05, 3.63) is 63.6 Å². The fourth-order valence-corrected chi connectivity index (χ4v) is 4.19. The van der Waals surface area contributed by atoms with E-state index in [0.717, 1.165) is 36.3 Å². The van der Waals surface area contributed by atoms with Crippen LogP contribution in [0.25, 0.3) is 11.0 Å². The first-order valence-electron chi connectivity index (χ1n) is 8.86. The molecule has 1 aliphatic heterocycles. The van der Waals surface area contributed by atoms with Crippen LogP contribution in [0.5, 0.6) is 0 Å². The van der Waals surface area contributed by atoms with Crippen molar-refractivity contribution < 1.29 is 9.18 Å². The van der Waals surface area contributed by atoms with Gasteiger partial charge in [0.25, 0.3) is 0 Å². The predicted octanol–water partition coefficient (Wildman–Crippen LogP) is 4.96. The molecule has 2 aromatic carbocycles. The van der Waals surface area contributed by atoms with Gasteiger partial charge < -0.3 is 9.88 Å². The number of hydrogen-bond donors (Lipinski definition) is 1. The summed E-state index contributed by atoms with van der Waals surface area (Å²) in [6, 6.07) is 9.69. The molecule has 1 saturated heterocycles. The maximum atomic E-state index is 13.4. The van der Waals surface area contributed by atoms with Crippen LogP contribution >= 0.6 is 23.2 Å². The highest BCUT2D eigenvalue weighted by Crippen LogP contribution is 2.28. The largest absolute Gasteiger partial charge is 0.342 e. The van der Waals surface area contributed by atoms with E-state index in [-0.39, 0.29) is 24.1 Å². The molecule has 1 aromatic heterocycles. The minimum atomic E-state index is -0.293. The quantitative estimate of drug-likeness (QED) is 0.669. The number of likely N-dealkylation sites (tertiary alicyclic amines) is 1. The summed E-state index contributed by atoms with van der Waals surface area (Å²) in [4.78, 5) is 22.4. The van der Waals surface area contributed by atoms with Gasteiger partial charge in [-0.15, -0.1) is 0 Å². The lowest BCUT2D eigenvalue weighted by Gasteiger charge is -2.32. The van der Waals surface area contributed by atoms with E-state index in [1.807, 2.05) is 4.90 Å². The number of imidazole rings is 1. The van der Waals surface area contributed by atoms with Crippen molar-refractivity contribution in [3.63, 3.8) is 0 Å². The molecule has 0 aliphatic carbocycles. The number of nitrogens with zero attached hydrogens (tertiary/aromatic N) is 2. The van der Waals surface area contributed by atoms with Crippen molar-refractivity contribution in [1.29, 1.82) is 0 Å². The number of carbonyl (C=O) groups is 1. The van der Waals surface area contributed by atoms with Gasteiger partial charge in [0.2, 0.25) is 5.91 Å². The number of H-pyrrole nitrogens is 1. The van der Waals surface area contributed by atoms with E-state index >= 15 is 0 Å². The highest BCUT2D eigenvalue weighted by Gasteiger charge is 2.27. The van der Waals surface area contributed by atoms with Crippen molar-refractivity contribution in [2.75, 3.05) is 13.1 Å². The van der Waals surface area contributed by atoms with Crippen LogP contribution in [0.2, 0.25) is 10.0 Å². The van der Waals surface area contributed by atoms with Gasteiger partial charge >= 0.3 is 0 Å². The predicted molar refractivity (Wildman–Crippen MR) is 105 cm³/mol. The summed E-state index contributed by atoms with van der Waals surface area (Å²) in [5, 5.41) is 1.05. The first kappa shape index (κ1) is 18.3. The number of carbonyl (C=O) groups excluding carboxylic acids is 1. The van der Waals surface area contributed by atoms with Crippen LogP contribution in [0.15, 0.2) is 36.4 Å². The summed E-state index contributed by atoms with van der Waals surface area (Å²) in [5.41, 5.74) is 2.23. The van der Waals surface area contributed by atoms with Crippen molar-refractivity contribution in [2.45, 2.75) is 25.2 Å². The summed E-state index contributed by atoms with van der Waals surface area (Å²) in [6.45, 7) is 1.31. The zero-order chi connectivity index (χ0) is 19.0. The molecule has 27 heavy (non-hydrogen) atoms. The summed E-state index contributed by atoms with van der Waals surface area (Å²) in [5.74, 6) is 0.665. The molecule has 0 saturated carbocycles. The maximum Gasteiger partial charge on any atom is 0.227 e. The number of aromatic nitrogens is 2. The third-order valence-electron chi connectivity index (χ3n) is 4.90. The highest BCUT2D eigenvalue weighted by molar-refractivity contribution is 6.34. The number of nitrogens with one attached hydrogen (secondary N) is 1. The van der Waals surface area contributed by atoms with E-state index in [9.17, 15) is 9.18 Å². The Morgan fingerprint density at radius 3 is 2.78 bits per heavy atom. The second kappa shape index (κ2) is 7.49. The van der Waals surface area contributed by atoms with E-state index in [2.05, 4.69) is 9.97 Å². The van der Waals surface area contributed by atoms with Gasteiger partial charge in [0.05, 0.1) is 17.5 Å². The average molecular weight is 406 g/mol. The van der Waals surface area contributed by atoms with Crippen LogP contribution in [0.1, 0.15) is 30.1 Å². The number of halogens is 3. The fourth-order valence-electron chi connectivity index (χ4n) is 3.62. The number of rotatable bonds is 3. The first-order valence-corrected chi connectivity index (χ1v) is 9.61. The minimum absolute atomic E-state index is 0.0418. The number of fused-ring (bicyclic) bond motifs is 1. The standard InChI is InChI=1S/C20H18Cl2FN3O/c21-14-6-12(7-15(22)9-14)8-19(27)26-5-1-2-13(11-26)20-24-17-4-3-16(23)10-18(17)25-20/h3-4,6-7,9-10,13H,1-2,5,8,11H2,(H,24,25). The van der Waals surface area contributed by atoms with E-state index < -0.39 is 0 Å². The third-order valence-corrected chi connectivity index (χ3v) is 5.34. The van der Waals surface area contributed by atoms with Gasteiger partial charge in [0.15, 0.2) is 0 Å². The Bertz CT molecular complexity index is 984. The minimum Gasteiger partial charge on any atom is -0.342 e. The maximum absolute atomic E-state index is 13.4. The number of hydrogen-bond acceptors (Lipinski definition) is 2. The number of amides is 1. The second-order valence-corrected chi connectivity index (χ2v) is 7.79. The third kappa shape index (κ3) is 4.09. The summed E-state index contributed by atoms with van der Waals surface area (Å²) in [6.07, 6.45) is 2.10. The highest BCUT2D eigenvalue weighted by atomic mass is 35.5. The molecule has 3 aromatic rings. The van der Waals surface area contributed by atoms with Gasteiger partial charge in [0, 0.05) is 29.1 Å². The van der Waals surface area contributed by atoms with E-state index in [0.29, 0.717) is 22.1 Å². The van der Waals surface area contributed by atoms with E-state index in [1.165, 1.54) is 12.1 Å². The summed E-state index contributed by atoms with van der Waals surface area (Å²) >= 11 is 12.0. The molecule has 1 aliphatic rings. The molecule has 7 heteroatoms. The molecule has 0 bridgehead atoms. The molecule has 4 nitrogen and oxygen atoms in total. The Kier molecular flexibility index (Phi) is 5.06. The second-order valence-electron chi connectivity index (χ2n) is 6.92. The first-order chi connectivity index (χ1) is 13.0. The lowest BCUT2D eigenvalue weighted by atomic mass is 9.96. The molecule has 140 valence electrons. The molecule has 1 fully saturated rings. The SMILES string of the molecule is O=C(Cc1cc(Cl)cc(Cl)c1)N1CCCC(c2nc3ccc(F)cc3[nH]2)C1. The molecule has 1 N–H and O–H groups in total. The molecular formula is C20H18Cl2FN3O. The van der Waals surface area contributed by atoms with Crippen LogP contribution < -0.4 is 0 Å². The Hall–Kier alpha value is -2.11. The molecule has 0 spiro atoms. The molecule has 1 unspecified atom stereocenters. The van der Waals surface area contributed by atoms with Gasteiger partial charge in [0.1, 0.15) is 11.6 Å². The Labute approximate surface area is 166 Å². The average Bonchev–Trinajstić information content (AvgIpc) is 3.04. The van der Waals surface area contributed by atoms with Crippen LogP contribution in [0.3, 0.4) is 0 Å². The van der Waals surface area contributed by atoms with E-state index in [1.54, 1.807) is 24.3 Å². The van der Waals surface area contributed by atoms with Crippen LogP contribution in [-0.2, 0) is 11.2 Å². The van der Waals surface area contributed by atoms with Crippen molar-refractivity contribution in [1.82, 2.24) is 14.9 Å². The molecule has 1 amide bonds. The van der Waals surface area contributed by atoms with Crippen molar-refractivity contribution in [2.24, 2.45) is 0 Å². The zero-order valence-corrected chi connectivity index (χ0v) is 16.0. The molecule has 1 atom stereocenters. The zero-order valence-electron chi connectivity index (χ0n) is 14.5. The monoisotopic (exact) mass is 405 g/mol. The Morgan fingerprint density at radius 1 is 1.22 bits per heavy atom. The summed E-state index contributed by atoms with van der Waals surface area (Å²) < 4.78 is 13.4. The number of aromatic amines is 1. The molecule has 0 radical (unpaired) electrons. The van der Waals surface area contributed by atoms with Gasteiger partial charge in [-0.25, -0.2) is 9.37 Å². The lowest BCUT2D eigenvalue weighted by molar-refractivity contribution is -0.131. The van der Waals surface area contributed by atoms with Gasteiger partial charge in [-0.3, -0.25) is 4.79 Å². The van der Waals surface area contributed by atoms with Crippen LogP contribution in [-0.4, -0.2) is 33.9 Å². The topological polar surface area (TPSA) is 49.0 Å². The Morgan fingerprint density at radius 2 is 2.00 bits per heavy atom. The fraction of sp³-hybridized carbons (Fsp3) is 0.300.